The van der Waals surface area contributed by atoms with Gasteiger partial charge in [0.2, 0.25) is 11.8 Å². The minimum Gasteiger partial charge on any atom is -0.465 e. The predicted molar refractivity (Wildman–Crippen MR) is 100 cm³/mol. The Kier molecular flexibility index (Phi) is 5.35. The summed E-state index contributed by atoms with van der Waals surface area (Å²) in [7, 11) is 1.24. The number of para-hydroxylation sites is 1. The van der Waals surface area contributed by atoms with Gasteiger partial charge in [0.25, 0.3) is 5.69 Å². The zero-order chi connectivity index (χ0) is 20.3. The van der Waals surface area contributed by atoms with Crippen LogP contribution in [-0.2, 0) is 20.7 Å². The van der Waals surface area contributed by atoms with Crippen molar-refractivity contribution in [3.8, 4) is 0 Å². The molecule has 0 radical (unpaired) electrons. The molecule has 0 aromatic heterocycles. The zero-order valence-electron chi connectivity index (χ0n) is 15.0. The number of benzene rings is 2. The van der Waals surface area contributed by atoms with Crippen LogP contribution in [0.25, 0.3) is 0 Å². The van der Waals surface area contributed by atoms with Crippen molar-refractivity contribution in [1.29, 1.82) is 0 Å². The van der Waals surface area contributed by atoms with Crippen molar-refractivity contribution in [2.45, 2.75) is 12.8 Å². The number of nitro groups is 1. The van der Waals surface area contributed by atoms with E-state index in [1.54, 1.807) is 18.2 Å². The fraction of sp³-hybridized carbons (Fsp3) is 0.211. The predicted octanol–water partition coefficient (Wildman–Crippen LogP) is 2.30. The minimum absolute atomic E-state index is 0.0653. The number of non-ortho nitro benzene ring substituents is 1. The summed E-state index contributed by atoms with van der Waals surface area (Å²) < 4.78 is 4.69. The first-order valence-corrected chi connectivity index (χ1v) is 8.45. The summed E-state index contributed by atoms with van der Waals surface area (Å²) in [6.07, 6.45) is 0.527. The number of hydrogen-bond donors (Lipinski definition) is 1. The Balaban J connectivity index is 1.81. The van der Waals surface area contributed by atoms with Crippen molar-refractivity contribution < 1.29 is 24.0 Å². The average molecular weight is 383 g/mol. The molecule has 2 amide bonds. The summed E-state index contributed by atoms with van der Waals surface area (Å²) in [5, 5.41) is 13.6. The van der Waals surface area contributed by atoms with Crippen molar-refractivity contribution >= 4 is 34.8 Å². The maximum absolute atomic E-state index is 12.5. The summed E-state index contributed by atoms with van der Waals surface area (Å²) in [6, 6.07) is 10.6. The van der Waals surface area contributed by atoms with Crippen LogP contribution in [0.1, 0.15) is 22.3 Å². The monoisotopic (exact) mass is 383 g/mol. The molecule has 0 fully saturated rings. The Labute approximate surface area is 160 Å². The van der Waals surface area contributed by atoms with Gasteiger partial charge in [-0.1, -0.05) is 12.1 Å². The van der Waals surface area contributed by atoms with Gasteiger partial charge in [0.05, 0.1) is 23.3 Å². The Morgan fingerprint density at radius 1 is 1.21 bits per heavy atom. The van der Waals surface area contributed by atoms with Crippen LogP contribution in [0.5, 0.6) is 0 Å². The largest absolute Gasteiger partial charge is 0.465 e. The average Bonchev–Trinajstić information content (AvgIpc) is 2.69. The first-order valence-electron chi connectivity index (χ1n) is 8.45. The van der Waals surface area contributed by atoms with Gasteiger partial charge in [-0.15, -0.1) is 0 Å². The van der Waals surface area contributed by atoms with E-state index in [2.05, 4.69) is 5.32 Å². The molecular formula is C19H17N3O6. The summed E-state index contributed by atoms with van der Waals surface area (Å²) in [6.45, 7) is -0.279. The molecule has 1 heterocycles. The van der Waals surface area contributed by atoms with Crippen LogP contribution in [0.4, 0.5) is 17.1 Å². The van der Waals surface area contributed by atoms with E-state index in [0.29, 0.717) is 17.7 Å². The number of ether oxygens (including phenoxy) is 1. The maximum atomic E-state index is 12.5. The molecule has 1 N–H and O–H groups in total. The van der Waals surface area contributed by atoms with Crippen LogP contribution in [0.2, 0.25) is 0 Å². The third-order valence-corrected chi connectivity index (χ3v) is 4.38. The Morgan fingerprint density at radius 3 is 2.68 bits per heavy atom. The highest BCUT2D eigenvalue weighted by Crippen LogP contribution is 2.31. The van der Waals surface area contributed by atoms with Crippen LogP contribution >= 0.6 is 0 Å². The zero-order valence-corrected chi connectivity index (χ0v) is 15.0. The fourth-order valence-corrected chi connectivity index (χ4v) is 3.05. The van der Waals surface area contributed by atoms with Gasteiger partial charge in [0, 0.05) is 24.2 Å². The summed E-state index contributed by atoms with van der Waals surface area (Å²) in [5.41, 5.74) is 1.51. The number of fused-ring (bicyclic) bond motifs is 1. The van der Waals surface area contributed by atoms with E-state index >= 15 is 0 Å². The number of esters is 1. The van der Waals surface area contributed by atoms with Crippen LogP contribution in [0.3, 0.4) is 0 Å². The molecule has 144 valence electrons. The van der Waals surface area contributed by atoms with Gasteiger partial charge in [-0.05, 0) is 30.2 Å². The van der Waals surface area contributed by atoms with Gasteiger partial charge < -0.3 is 15.0 Å². The fourth-order valence-electron chi connectivity index (χ4n) is 3.05. The van der Waals surface area contributed by atoms with Crippen molar-refractivity contribution in [2.24, 2.45) is 0 Å². The molecule has 2 aromatic rings. The van der Waals surface area contributed by atoms with E-state index in [0.717, 1.165) is 0 Å². The SMILES string of the molecule is COC(=O)c1ccccc1NC(=O)CN1C(=O)CCc2cc([N+](=O)[O-])ccc21. The second kappa shape index (κ2) is 7.87. The number of nitro benzene ring substituents is 1. The lowest BCUT2D eigenvalue weighted by atomic mass is 10.0. The molecule has 1 aliphatic rings. The maximum Gasteiger partial charge on any atom is 0.339 e. The molecular weight excluding hydrogens is 366 g/mol. The van der Waals surface area contributed by atoms with E-state index in [4.69, 9.17) is 4.74 Å². The van der Waals surface area contributed by atoms with Gasteiger partial charge in [0.1, 0.15) is 6.54 Å². The van der Waals surface area contributed by atoms with E-state index in [-0.39, 0.29) is 35.8 Å². The second-order valence-corrected chi connectivity index (χ2v) is 6.14. The van der Waals surface area contributed by atoms with Crippen molar-refractivity contribution in [3.05, 3.63) is 63.7 Å². The van der Waals surface area contributed by atoms with Gasteiger partial charge in [-0.2, -0.15) is 0 Å². The Hall–Kier alpha value is -3.75. The number of carbonyl (C=O) groups excluding carboxylic acids is 3. The molecule has 0 bridgehead atoms. The number of nitrogens with zero attached hydrogens (tertiary/aromatic N) is 2. The first kappa shape index (κ1) is 19.0. The van der Waals surface area contributed by atoms with Gasteiger partial charge in [-0.3, -0.25) is 19.7 Å². The van der Waals surface area contributed by atoms with Crippen molar-refractivity contribution in [2.75, 3.05) is 23.9 Å². The van der Waals surface area contributed by atoms with Crippen LogP contribution < -0.4 is 10.2 Å². The lowest BCUT2D eigenvalue weighted by Crippen LogP contribution is -2.41. The van der Waals surface area contributed by atoms with E-state index < -0.39 is 16.8 Å². The third kappa shape index (κ3) is 3.83. The molecule has 0 unspecified atom stereocenters. The second-order valence-electron chi connectivity index (χ2n) is 6.14. The highest BCUT2D eigenvalue weighted by atomic mass is 16.6. The highest BCUT2D eigenvalue weighted by molar-refractivity contribution is 6.06. The number of nitrogens with one attached hydrogen (secondary N) is 1. The van der Waals surface area contributed by atoms with Crippen molar-refractivity contribution in [1.82, 2.24) is 0 Å². The molecule has 0 aliphatic carbocycles. The molecule has 0 atom stereocenters. The number of amides is 2. The topological polar surface area (TPSA) is 119 Å². The quantitative estimate of drug-likeness (QED) is 0.481. The number of aryl methyl sites for hydroxylation is 1. The summed E-state index contributed by atoms with van der Waals surface area (Å²) >= 11 is 0. The standard InChI is InChI=1S/C19H17N3O6/c1-28-19(25)14-4-2-3-5-15(14)20-17(23)11-21-16-8-7-13(22(26)27)10-12(16)6-9-18(21)24/h2-5,7-8,10H,6,9,11H2,1H3,(H,20,23). The molecule has 1 aliphatic heterocycles. The van der Waals surface area contributed by atoms with Crippen LogP contribution in [0.15, 0.2) is 42.5 Å². The molecule has 9 nitrogen and oxygen atoms in total. The number of carbonyl (C=O) groups is 3. The number of hydrogen-bond acceptors (Lipinski definition) is 6. The molecule has 0 spiro atoms. The van der Waals surface area contributed by atoms with Crippen LogP contribution in [0, 0.1) is 10.1 Å². The normalized spacial score (nSPS) is 12.9. The lowest BCUT2D eigenvalue weighted by Gasteiger charge is -2.28. The Morgan fingerprint density at radius 2 is 1.96 bits per heavy atom. The Bertz CT molecular complexity index is 972. The third-order valence-electron chi connectivity index (χ3n) is 4.38. The smallest absolute Gasteiger partial charge is 0.339 e. The van der Waals surface area contributed by atoms with E-state index in [1.165, 1.54) is 36.3 Å². The van der Waals surface area contributed by atoms with Gasteiger partial charge in [0.15, 0.2) is 0 Å². The number of methoxy groups -OCH3 is 1. The lowest BCUT2D eigenvalue weighted by molar-refractivity contribution is -0.384. The molecule has 9 heteroatoms. The molecule has 0 saturated carbocycles. The van der Waals surface area contributed by atoms with Gasteiger partial charge in [-0.25, -0.2) is 4.79 Å². The van der Waals surface area contributed by atoms with Crippen molar-refractivity contribution in [3.63, 3.8) is 0 Å². The number of rotatable bonds is 5. The van der Waals surface area contributed by atoms with E-state index in [1.807, 2.05) is 0 Å². The highest BCUT2D eigenvalue weighted by Gasteiger charge is 2.27. The summed E-state index contributed by atoms with van der Waals surface area (Å²) in [5.74, 6) is -1.35. The molecule has 28 heavy (non-hydrogen) atoms. The molecule has 3 rings (SSSR count). The molecule has 2 aromatic carbocycles. The van der Waals surface area contributed by atoms with E-state index in [9.17, 15) is 24.5 Å². The van der Waals surface area contributed by atoms with Gasteiger partial charge >= 0.3 is 5.97 Å². The number of anilines is 2. The van der Waals surface area contributed by atoms with Crippen LogP contribution in [-0.4, -0.2) is 36.4 Å². The minimum atomic E-state index is -0.595. The first-order chi connectivity index (χ1) is 13.4. The summed E-state index contributed by atoms with van der Waals surface area (Å²) in [4.78, 5) is 48.4. The molecule has 0 saturated heterocycles.